The van der Waals surface area contributed by atoms with Gasteiger partial charge in [0, 0.05) is 23.7 Å². The molecule has 5 aromatic carbocycles. The summed E-state index contributed by atoms with van der Waals surface area (Å²) in [5.41, 5.74) is 7.40. The molecule has 0 aliphatic rings. The molecule has 10 heteroatoms. The fraction of sp³-hybridized carbons (Fsp3) is 0.163. The molecule has 3 aromatic heterocycles. The van der Waals surface area contributed by atoms with Crippen LogP contribution in [0.2, 0.25) is 0 Å². The first-order valence-electron chi connectivity index (χ1n) is 19.8. The van der Waals surface area contributed by atoms with Gasteiger partial charge < -0.3 is 5.11 Å². The Morgan fingerprint density at radius 2 is 1.31 bits per heavy atom. The number of hydrogen-bond acceptors (Lipinski definition) is 7. The quantitative estimate of drug-likeness (QED) is 0.109. The molecule has 0 bridgehead atoms. The largest absolute Gasteiger partial charge is 0.478 e. The lowest BCUT2D eigenvalue weighted by molar-refractivity contribution is 0.0695. The zero-order chi connectivity index (χ0) is 40.8. The van der Waals surface area contributed by atoms with Gasteiger partial charge in [-0.05, 0) is 75.7 Å². The molecule has 1 N–H and O–H groups in total. The van der Waals surface area contributed by atoms with Crippen LogP contribution in [0.3, 0.4) is 0 Å². The highest BCUT2D eigenvalue weighted by atomic mass is 16.4. The molecule has 0 radical (unpaired) electrons. The Bertz CT molecular complexity index is 2670. The van der Waals surface area contributed by atoms with Gasteiger partial charge in [-0.1, -0.05) is 153 Å². The number of carbonyl (C=O) groups is 1. The normalized spacial score (nSPS) is 11.4. The molecule has 0 amide bonds. The van der Waals surface area contributed by atoms with Crippen LogP contribution in [0.4, 0.5) is 0 Å². The third-order valence-corrected chi connectivity index (χ3v) is 10.9. The highest BCUT2D eigenvalue weighted by Crippen LogP contribution is 2.43. The van der Waals surface area contributed by atoms with Gasteiger partial charge in [0.25, 0.3) is 5.56 Å². The van der Waals surface area contributed by atoms with Crippen molar-refractivity contribution in [1.29, 1.82) is 0 Å². The third kappa shape index (κ3) is 7.48. The Kier molecular flexibility index (Phi) is 11.1. The second-order valence-corrected chi connectivity index (χ2v) is 14.5. The fourth-order valence-corrected chi connectivity index (χ4v) is 8.00. The highest BCUT2D eigenvalue weighted by Gasteiger charge is 2.42. The zero-order valence-corrected chi connectivity index (χ0v) is 32.9. The van der Waals surface area contributed by atoms with Crippen LogP contribution in [0, 0.1) is 6.92 Å². The van der Waals surface area contributed by atoms with E-state index in [9.17, 15) is 14.7 Å². The van der Waals surface area contributed by atoms with Gasteiger partial charge in [-0.2, -0.15) is 0 Å². The summed E-state index contributed by atoms with van der Waals surface area (Å²) >= 11 is 0. The number of rotatable bonds is 14. The summed E-state index contributed by atoms with van der Waals surface area (Å²) in [7, 11) is 0. The molecular weight excluding hydrogens is 735 g/mol. The van der Waals surface area contributed by atoms with E-state index in [1.54, 1.807) is 19.2 Å². The van der Waals surface area contributed by atoms with E-state index in [0.29, 0.717) is 35.7 Å². The molecular formula is C49H43N7O3. The average Bonchev–Trinajstić information content (AvgIpc) is 3.77. The first kappa shape index (κ1) is 38.5. The lowest BCUT2D eigenvalue weighted by Gasteiger charge is -2.36. The van der Waals surface area contributed by atoms with E-state index in [1.165, 1.54) is 10.6 Å². The number of unbranched alkanes of at least 4 members (excludes halogenated alkanes) is 1. The number of tetrazole rings is 1. The third-order valence-electron chi connectivity index (χ3n) is 10.9. The number of carboxylic acid groups (broad SMARTS) is 1. The van der Waals surface area contributed by atoms with Crippen LogP contribution in [-0.2, 0) is 24.9 Å². The number of aromatic nitrogens is 7. The number of aryl methyl sites for hydroxylation is 2. The molecule has 0 saturated carbocycles. The van der Waals surface area contributed by atoms with Crippen LogP contribution < -0.4 is 5.56 Å². The van der Waals surface area contributed by atoms with Crippen molar-refractivity contribution < 1.29 is 9.90 Å². The van der Waals surface area contributed by atoms with Crippen LogP contribution in [0.1, 0.15) is 75.2 Å². The first-order valence-corrected chi connectivity index (χ1v) is 19.8. The Balaban J connectivity index is 1.19. The van der Waals surface area contributed by atoms with Crippen molar-refractivity contribution in [1.82, 2.24) is 34.7 Å². The summed E-state index contributed by atoms with van der Waals surface area (Å²) in [4.78, 5) is 35.5. The molecule has 8 rings (SSSR count). The minimum absolute atomic E-state index is 0.0104. The monoisotopic (exact) mass is 777 g/mol. The number of nitrogens with zero attached hydrogens (tertiary/aromatic N) is 7. The summed E-state index contributed by atoms with van der Waals surface area (Å²) in [6, 6.07) is 50.5. The van der Waals surface area contributed by atoms with E-state index in [4.69, 9.17) is 15.3 Å². The van der Waals surface area contributed by atoms with Crippen molar-refractivity contribution in [2.45, 2.75) is 51.6 Å². The van der Waals surface area contributed by atoms with Crippen LogP contribution in [0.25, 0.3) is 22.5 Å². The van der Waals surface area contributed by atoms with Crippen molar-refractivity contribution in [2.24, 2.45) is 0 Å². The lowest BCUT2D eigenvalue weighted by Crippen LogP contribution is -2.39. The van der Waals surface area contributed by atoms with E-state index < -0.39 is 11.5 Å². The fourth-order valence-electron chi connectivity index (χ4n) is 8.00. The Labute approximate surface area is 342 Å². The van der Waals surface area contributed by atoms with Gasteiger partial charge >= 0.3 is 5.97 Å². The zero-order valence-electron chi connectivity index (χ0n) is 32.9. The average molecular weight is 778 g/mol. The lowest BCUT2D eigenvalue weighted by atomic mass is 9.77. The van der Waals surface area contributed by atoms with Crippen molar-refractivity contribution in [2.75, 3.05) is 0 Å². The maximum atomic E-state index is 14.3. The van der Waals surface area contributed by atoms with Gasteiger partial charge in [-0.3, -0.25) is 14.3 Å². The van der Waals surface area contributed by atoms with Gasteiger partial charge in [0.05, 0.1) is 23.5 Å². The second kappa shape index (κ2) is 17.0. The smallest absolute Gasteiger partial charge is 0.337 e. The van der Waals surface area contributed by atoms with Gasteiger partial charge in [-0.25, -0.2) is 14.5 Å². The van der Waals surface area contributed by atoms with Crippen molar-refractivity contribution in [3.05, 3.63) is 219 Å². The number of carboxylic acids is 1. The van der Waals surface area contributed by atoms with Crippen LogP contribution in [0.5, 0.6) is 0 Å². The maximum absolute atomic E-state index is 14.3. The van der Waals surface area contributed by atoms with Crippen molar-refractivity contribution in [3.63, 3.8) is 0 Å². The number of pyridine rings is 1. The molecule has 8 aromatic rings. The number of benzene rings is 5. The Morgan fingerprint density at radius 1 is 0.712 bits per heavy atom. The molecule has 3 heterocycles. The van der Waals surface area contributed by atoms with Gasteiger partial charge in [0.15, 0.2) is 5.82 Å². The summed E-state index contributed by atoms with van der Waals surface area (Å²) in [6.07, 6.45) is 4.43. The SMILES string of the molecule is CCCCc1nc(C)n(Cc2ncccc2C(=O)O)c(=O)c1Cc1ccc(-c2ccccc2-c2nnnn2C(c2ccccc2)(c2ccccc2)c2ccccc2)cc1. The molecule has 0 unspecified atom stereocenters. The predicted molar refractivity (Wildman–Crippen MR) is 228 cm³/mol. The van der Waals surface area contributed by atoms with E-state index >= 15 is 0 Å². The number of hydrogen-bond donors (Lipinski definition) is 1. The van der Waals surface area contributed by atoms with Gasteiger partial charge in [0.1, 0.15) is 11.4 Å². The van der Waals surface area contributed by atoms with Gasteiger partial charge in [-0.15, -0.1) is 5.10 Å². The Morgan fingerprint density at radius 3 is 1.90 bits per heavy atom. The summed E-state index contributed by atoms with van der Waals surface area (Å²) in [6.45, 7) is 3.91. The molecule has 0 fully saturated rings. The minimum atomic E-state index is -1.09. The van der Waals surface area contributed by atoms with Crippen LogP contribution in [0.15, 0.2) is 163 Å². The minimum Gasteiger partial charge on any atom is -0.478 e. The van der Waals surface area contributed by atoms with E-state index in [2.05, 4.69) is 77.8 Å². The molecule has 292 valence electrons. The summed E-state index contributed by atoms with van der Waals surface area (Å²) in [5, 5.41) is 23.6. The van der Waals surface area contributed by atoms with Crippen LogP contribution in [-0.4, -0.2) is 45.8 Å². The molecule has 0 atom stereocenters. The van der Waals surface area contributed by atoms with Crippen molar-refractivity contribution >= 4 is 5.97 Å². The number of aromatic carboxylic acids is 1. The standard InChI is InChI=1S/C49H43N7O3/c1-3-4-26-44-43(47(57)55(34(2)51-44)33-45-42(48(58)59)25-16-31-50-45)32-35-27-29-36(30-28-35)40-23-14-15-24-41(40)46-52-53-54-56(46)49(37-17-8-5-9-18-37,38-19-10-6-11-20-38)39-21-12-7-13-22-39/h5-25,27-31H,3-4,26,32-33H2,1-2H3,(H,58,59). The van der Waals surface area contributed by atoms with E-state index in [0.717, 1.165) is 57.5 Å². The molecule has 0 saturated heterocycles. The molecule has 59 heavy (non-hydrogen) atoms. The van der Waals surface area contributed by atoms with Crippen molar-refractivity contribution in [3.8, 4) is 22.5 Å². The maximum Gasteiger partial charge on any atom is 0.337 e. The predicted octanol–water partition coefficient (Wildman–Crippen LogP) is 8.79. The van der Waals surface area contributed by atoms with E-state index in [1.807, 2.05) is 83.5 Å². The first-order chi connectivity index (χ1) is 28.9. The Hall–Kier alpha value is -7.33. The van der Waals surface area contributed by atoms with Crippen LogP contribution >= 0.6 is 0 Å². The molecule has 10 nitrogen and oxygen atoms in total. The highest BCUT2D eigenvalue weighted by molar-refractivity contribution is 5.88. The molecule has 0 spiro atoms. The van der Waals surface area contributed by atoms with Gasteiger partial charge in [0.2, 0.25) is 0 Å². The summed E-state index contributed by atoms with van der Waals surface area (Å²) in [5.74, 6) is 0.0385. The molecule has 0 aliphatic carbocycles. The topological polar surface area (TPSA) is 129 Å². The second-order valence-electron chi connectivity index (χ2n) is 14.5. The molecule has 0 aliphatic heterocycles. The summed E-state index contributed by atoms with van der Waals surface area (Å²) < 4.78 is 3.48. The van der Waals surface area contributed by atoms with E-state index in [-0.39, 0.29) is 17.7 Å².